The highest BCUT2D eigenvalue weighted by Gasteiger charge is 2.13. The molecule has 0 saturated carbocycles. The van der Waals surface area contributed by atoms with Crippen LogP contribution in [0.15, 0.2) is 27.1 Å². The van der Waals surface area contributed by atoms with Crippen LogP contribution in [-0.2, 0) is 0 Å². The highest BCUT2D eigenvalue weighted by molar-refractivity contribution is 9.11. The number of halogens is 2. The van der Waals surface area contributed by atoms with Gasteiger partial charge in [-0.15, -0.1) is 0 Å². The Morgan fingerprint density at radius 3 is 2.40 bits per heavy atom. The molecule has 0 radical (unpaired) electrons. The van der Waals surface area contributed by atoms with E-state index in [1.165, 1.54) is 55.0 Å². The summed E-state index contributed by atoms with van der Waals surface area (Å²) in [4.78, 5) is 0. The molecule has 1 atom stereocenters. The molecule has 1 aromatic rings. The van der Waals surface area contributed by atoms with Gasteiger partial charge in [0.15, 0.2) is 0 Å². The molecule has 3 heteroatoms. The van der Waals surface area contributed by atoms with E-state index in [2.05, 4.69) is 69.2 Å². The molecule has 1 nitrogen and oxygen atoms in total. The minimum absolute atomic E-state index is 0.471. The SMILES string of the molecule is CCCCCCCC(NCCC)c1ccc(Br)cc1Br. The zero-order valence-electron chi connectivity index (χ0n) is 12.7. The Kier molecular flexibility index (Phi) is 9.83. The summed E-state index contributed by atoms with van der Waals surface area (Å²) in [5.41, 5.74) is 1.39. The third kappa shape index (κ3) is 6.73. The van der Waals surface area contributed by atoms with Gasteiger partial charge in [-0.05, 0) is 37.1 Å². The first kappa shape index (κ1) is 18.2. The average Bonchev–Trinajstić information content (AvgIpc) is 2.43. The lowest BCUT2D eigenvalue weighted by atomic mass is 9.99. The lowest BCUT2D eigenvalue weighted by Gasteiger charge is -2.20. The van der Waals surface area contributed by atoms with Gasteiger partial charge < -0.3 is 5.32 Å². The first-order valence-corrected chi connectivity index (χ1v) is 9.46. The van der Waals surface area contributed by atoms with E-state index in [-0.39, 0.29) is 0 Å². The normalized spacial score (nSPS) is 12.6. The maximum absolute atomic E-state index is 3.70. The molecule has 0 aliphatic heterocycles. The van der Waals surface area contributed by atoms with Crippen molar-refractivity contribution >= 4 is 31.9 Å². The van der Waals surface area contributed by atoms with Crippen molar-refractivity contribution in [3.8, 4) is 0 Å². The average molecular weight is 405 g/mol. The summed E-state index contributed by atoms with van der Waals surface area (Å²) < 4.78 is 2.33. The second kappa shape index (κ2) is 10.8. The molecule has 1 N–H and O–H groups in total. The Morgan fingerprint density at radius 1 is 1.00 bits per heavy atom. The summed E-state index contributed by atoms with van der Waals surface area (Å²) in [5.74, 6) is 0. The molecule has 0 saturated heterocycles. The number of hydrogen-bond donors (Lipinski definition) is 1. The molecule has 0 aliphatic rings. The lowest BCUT2D eigenvalue weighted by molar-refractivity contribution is 0.467. The maximum atomic E-state index is 3.70. The summed E-state index contributed by atoms with van der Waals surface area (Å²) in [5, 5.41) is 3.69. The topological polar surface area (TPSA) is 12.0 Å². The lowest BCUT2D eigenvalue weighted by Crippen LogP contribution is -2.22. The van der Waals surface area contributed by atoms with Gasteiger partial charge in [-0.25, -0.2) is 0 Å². The fourth-order valence-electron chi connectivity index (χ4n) is 2.42. The molecular formula is C17H27Br2N. The van der Waals surface area contributed by atoms with Gasteiger partial charge in [0.1, 0.15) is 0 Å². The van der Waals surface area contributed by atoms with Crippen molar-refractivity contribution in [3.05, 3.63) is 32.7 Å². The Labute approximate surface area is 141 Å². The molecule has 114 valence electrons. The summed E-state index contributed by atoms with van der Waals surface area (Å²) in [6.45, 7) is 5.58. The number of unbranched alkanes of at least 4 members (excludes halogenated alkanes) is 4. The van der Waals surface area contributed by atoms with Gasteiger partial charge in [0.2, 0.25) is 0 Å². The van der Waals surface area contributed by atoms with E-state index >= 15 is 0 Å². The van der Waals surface area contributed by atoms with Gasteiger partial charge in [-0.3, -0.25) is 0 Å². The van der Waals surface area contributed by atoms with Crippen molar-refractivity contribution in [2.75, 3.05) is 6.54 Å². The standard InChI is InChI=1S/C17H27Br2N/c1-3-5-6-7-8-9-17(20-12-4-2)15-11-10-14(18)13-16(15)19/h10-11,13,17,20H,3-9,12H2,1-2H3. The predicted molar refractivity (Wildman–Crippen MR) is 96.3 cm³/mol. The molecule has 1 aromatic carbocycles. The molecule has 0 heterocycles. The predicted octanol–water partition coefficient (Wildman–Crippen LogP) is 6.61. The van der Waals surface area contributed by atoms with Crippen LogP contribution in [0.25, 0.3) is 0 Å². The van der Waals surface area contributed by atoms with Gasteiger partial charge in [-0.1, -0.05) is 83.9 Å². The van der Waals surface area contributed by atoms with Crippen LogP contribution in [0.4, 0.5) is 0 Å². The Bertz CT molecular complexity index is 379. The first-order valence-electron chi connectivity index (χ1n) is 7.87. The largest absolute Gasteiger partial charge is 0.310 e. The number of benzene rings is 1. The molecular weight excluding hydrogens is 378 g/mol. The van der Waals surface area contributed by atoms with Gasteiger partial charge in [0.25, 0.3) is 0 Å². The summed E-state index contributed by atoms with van der Waals surface area (Å²) in [6.07, 6.45) is 9.13. The second-order valence-electron chi connectivity index (χ2n) is 5.38. The second-order valence-corrected chi connectivity index (χ2v) is 7.15. The van der Waals surface area contributed by atoms with Crippen LogP contribution in [0.5, 0.6) is 0 Å². The Hall–Kier alpha value is 0.140. The van der Waals surface area contributed by atoms with Crippen molar-refractivity contribution in [1.82, 2.24) is 5.32 Å². The molecule has 0 aromatic heterocycles. The summed E-state index contributed by atoms with van der Waals surface area (Å²) in [6, 6.07) is 6.98. The molecule has 0 aliphatic carbocycles. The van der Waals surface area contributed by atoms with Crippen LogP contribution in [0.3, 0.4) is 0 Å². The van der Waals surface area contributed by atoms with E-state index in [9.17, 15) is 0 Å². The van der Waals surface area contributed by atoms with E-state index < -0.39 is 0 Å². The molecule has 1 rings (SSSR count). The molecule has 0 fully saturated rings. The number of rotatable bonds is 10. The zero-order chi connectivity index (χ0) is 14.8. The quantitative estimate of drug-likeness (QED) is 0.432. The van der Waals surface area contributed by atoms with Gasteiger partial charge in [0, 0.05) is 15.0 Å². The number of nitrogens with one attached hydrogen (secondary N) is 1. The fraction of sp³-hybridized carbons (Fsp3) is 0.647. The highest BCUT2D eigenvalue weighted by atomic mass is 79.9. The van der Waals surface area contributed by atoms with Crippen molar-refractivity contribution < 1.29 is 0 Å². The van der Waals surface area contributed by atoms with E-state index in [1.54, 1.807) is 0 Å². The molecule has 0 bridgehead atoms. The third-order valence-electron chi connectivity index (χ3n) is 3.58. The molecule has 20 heavy (non-hydrogen) atoms. The van der Waals surface area contributed by atoms with Gasteiger partial charge in [-0.2, -0.15) is 0 Å². The number of hydrogen-bond acceptors (Lipinski definition) is 1. The molecule has 0 amide bonds. The summed E-state index contributed by atoms with van der Waals surface area (Å²) in [7, 11) is 0. The van der Waals surface area contributed by atoms with Crippen LogP contribution in [0.2, 0.25) is 0 Å². The highest BCUT2D eigenvalue weighted by Crippen LogP contribution is 2.30. The van der Waals surface area contributed by atoms with Crippen molar-refractivity contribution in [2.24, 2.45) is 0 Å². The van der Waals surface area contributed by atoms with Crippen LogP contribution >= 0.6 is 31.9 Å². The minimum atomic E-state index is 0.471. The third-order valence-corrected chi connectivity index (χ3v) is 4.76. The Balaban J connectivity index is 2.58. The minimum Gasteiger partial charge on any atom is -0.310 e. The first-order chi connectivity index (χ1) is 9.69. The van der Waals surface area contributed by atoms with Crippen LogP contribution < -0.4 is 5.32 Å². The van der Waals surface area contributed by atoms with Gasteiger partial charge in [0.05, 0.1) is 0 Å². The smallest absolute Gasteiger partial charge is 0.0331 e. The fourth-order valence-corrected chi connectivity index (χ4v) is 3.75. The van der Waals surface area contributed by atoms with E-state index in [4.69, 9.17) is 0 Å². The Morgan fingerprint density at radius 2 is 1.75 bits per heavy atom. The van der Waals surface area contributed by atoms with Crippen molar-refractivity contribution in [2.45, 2.75) is 64.8 Å². The summed E-state index contributed by atoms with van der Waals surface area (Å²) >= 11 is 7.23. The monoisotopic (exact) mass is 403 g/mol. The van der Waals surface area contributed by atoms with Crippen LogP contribution in [-0.4, -0.2) is 6.54 Å². The van der Waals surface area contributed by atoms with Crippen molar-refractivity contribution in [1.29, 1.82) is 0 Å². The van der Waals surface area contributed by atoms with Crippen LogP contribution in [0, 0.1) is 0 Å². The van der Waals surface area contributed by atoms with E-state index in [0.29, 0.717) is 6.04 Å². The van der Waals surface area contributed by atoms with E-state index in [1.807, 2.05) is 0 Å². The van der Waals surface area contributed by atoms with Crippen LogP contribution in [0.1, 0.15) is 70.4 Å². The van der Waals surface area contributed by atoms with Gasteiger partial charge >= 0.3 is 0 Å². The van der Waals surface area contributed by atoms with E-state index in [0.717, 1.165) is 11.0 Å². The molecule has 1 unspecified atom stereocenters. The van der Waals surface area contributed by atoms with Crippen molar-refractivity contribution in [3.63, 3.8) is 0 Å². The maximum Gasteiger partial charge on any atom is 0.0331 e. The zero-order valence-corrected chi connectivity index (χ0v) is 15.9. The molecule has 0 spiro atoms.